The molecule has 1 aliphatic heterocycles. The van der Waals surface area contributed by atoms with E-state index in [0.717, 1.165) is 0 Å². The van der Waals surface area contributed by atoms with Gasteiger partial charge in [-0.15, -0.1) is 0 Å². The molecule has 0 spiro atoms. The maximum atomic E-state index is 13.9. The molecule has 44 heavy (non-hydrogen) atoms. The number of carbonyl (C=O) groups is 2. The minimum absolute atomic E-state index is 0.171. The highest BCUT2D eigenvalue weighted by Gasteiger charge is 2.34. The maximum absolute atomic E-state index is 13.9. The van der Waals surface area contributed by atoms with Gasteiger partial charge in [0.2, 0.25) is 0 Å². The van der Waals surface area contributed by atoms with Gasteiger partial charge in [-0.2, -0.15) is 0 Å². The van der Waals surface area contributed by atoms with E-state index in [4.69, 9.17) is 23.7 Å². The van der Waals surface area contributed by atoms with Crippen molar-refractivity contribution in [2.24, 2.45) is 4.99 Å². The number of hydrogen-bond donors (Lipinski definition) is 0. The quantitative estimate of drug-likeness (QED) is 0.205. The van der Waals surface area contributed by atoms with E-state index in [1.807, 2.05) is 0 Å². The van der Waals surface area contributed by atoms with Gasteiger partial charge >= 0.3 is 11.9 Å². The molecule has 0 saturated heterocycles. The van der Waals surface area contributed by atoms with Gasteiger partial charge < -0.3 is 23.7 Å². The lowest BCUT2D eigenvalue weighted by molar-refractivity contribution is -0.139. The van der Waals surface area contributed by atoms with Crippen molar-refractivity contribution in [2.75, 3.05) is 27.9 Å². The average Bonchev–Trinajstić information content (AvgIpc) is 3.34. The second kappa shape index (κ2) is 13.0. The number of benzene rings is 3. The smallest absolute Gasteiger partial charge is 0.343 e. The Kier molecular flexibility index (Phi) is 8.96. The van der Waals surface area contributed by atoms with Crippen molar-refractivity contribution in [3.63, 3.8) is 0 Å². The lowest BCUT2D eigenvalue weighted by Gasteiger charge is -2.25. The molecule has 0 fully saturated rings. The Morgan fingerprint density at radius 2 is 1.57 bits per heavy atom. The molecule has 0 amide bonds. The number of ether oxygens (including phenoxy) is 5. The number of allylic oxidation sites excluding steroid dienone is 1. The second-order valence-electron chi connectivity index (χ2n) is 9.60. The van der Waals surface area contributed by atoms with Gasteiger partial charge in [0, 0.05) is 0 Å². The van der Waals surface area contributed by atoms with Gasteiger partial charge in [0.25, 0.3) is 5.56 Å². The van der Waals surface area contributed by atoms with E-state index < -0.39 is 18.0 Å². The lowest BCUT2D eigenvalue weighted by atomic mass is 9.95. The Morgan fingerprint density at radius 3 is 2.20 bits per heavy atom. The van der Waals surface area contributed by atoms with Crippen LogP contribution in [-0.4, -0.2) is 44.4 Å². The first-order valence-corrected chi connectivity index (χ1v) is 14.5. The Hall–Kier alpha value is -5.16. The highest BCUT2D eigenvalue weighted by atomic mass is 32.1. The molecule has 1 atom stereocenters. The molecule has 11 heteroatoms. The van der Waals surface area contributed by atoms with Crippen LogP contribution in [0.15, 0.2) is 87.8 Å². The molecule has 0 radical (unpaired) electrons. The summed E-state index contributed by atoms with van der Waals surface area (Å²) in [5.74, 6) is 0.906. The topological polar surface area (TPSA) is 115 Å². The predicted molar refractivity (Wildman–Crippen MR) is 164 cm³/mol. The van der Waals surface area contributed by atoms with Crippen LogP contribution in [0.25, 0.3) is 6.08 Å². The summed E-state index contributed by atoms with van der Waals surface area (Å²) in [4.78, 5) is 44.6. The Bertz CT molecular complexity index is 1920. The predicted octanol–water partition coefficient (Wildman–Crippen LogP) is 4.04. The van der Waals surface area contributed by atoms with Crippen molar-refractivity contribution in [1.29, 1.82) is 0 Å². The van der Waals surface area contributed by atoms with Crippen molar-refractivity contribution in [3.8, 4) is 23.0 Å². The van der Waals surface area contributed by atoms with Crippen molar-refractivity contribution in [1.82, 2.24) is 4.57 Å². The largest absolute Gasteiger partial charge is 0.497 e. The van der Waals surface area contributed by atoms with E-state index in [2.05, 4.69) is 4.99 Å². The van der Waals surface area contributed by atoms with Gasteiger partial charge in [0.05, 0.1) is 55.3 Å². The molecule has 4 aromatic rings. The fraction of sp³-hybridized carbons (Fsp3) is 0.212. The van der Waals surface area contributed by atoms with Crippen LogP contribution in [-0.2, 0) is 9.53 Å². The van der Waals surface area contributed by atoms with Crippen molar-refractivity contribution in [3.05, 3.63) is 114 Å². The third kappa shape index (κ3) is 6.00. The van der Waals surface area contributed by atoms with Crippen LogP contribution in [0, 0.1) is 0 Å². The first-order valence-electron chi connectivity index (χ1n) is 13.7. The SMILES string of the molecule is CCOC(=O)C1=C(C)N=c2s/c(=C\c3ccc(OC(=O)c4ccc(OC)cc4)cc3)c(=O)n2[C@@H]1c1ccc(OC)c(OC)c1. The van der Waals surface area contributed by atoms with Gasteiger partial charge in [0.15, 0.2) is 16.3 Å². The molecular formula is C33H30N2O8S. The van der Waals surface area contributed by atoms with E-state index in [1.165, 1.54) is 30.1 Å². The van der Waals surface area contributed by atoms with Gasteiger partial charge in [0.1, 0.15) is 11.5 Å². The van der Waals surface area contributed by atoms with Crippen molar-refractivity contribution in [2.45, 2.75) is 19.9 Å². The summed E-state index contributed by atoms with van der Waals surface area (Å²) in [5, 5.41) is 0. The van der Waals surface area contributed by atoms with Crippen molar-refractivity contribution < 1.29 is 33.3 Å². The summed E-state index contributed by atoms with van der Waals surface area (Å²) < 4.78 is 28.8. The van der Waals surface area contributed by atoms with Gasteiger partial charge in [-0.1, -0.05) is 29.5 Å². The number of nitrogens with zero attached hydrogens (tertiary/aromatic N) is 2. The molecule has 0 bridgehead atoms. The minimum Gasteiger partial charge on any atom is -0.497 e. The molecule has 0 saturated carbocycles. The summed E-state index contributed by atoms with van der Waals surface area (Å²) in [7, 11) is 4.60. The van der Waals surface area contributed by atoms with E-state index in [9.17, 15) is 14.4 Å². The first kappa shape index (κ1) is 30.3. The standard InChI is InChI=1S/C33H30N2O8S/c1-6-42-32(38)28-19(2)34-33-35(29(28)22-11-16-25(40-4)26(18-22)41-5)30(36)27(44-33)17-20-7-12-24(13-8-20)43-31(37)21-9-14-23(39-3)15-10-21/h7-18,29H,6H2,1-5H3/b27-17-/t29-/m1/s1. The third-order valence-corrected chi connectivity index (χ3v) is 7.94. The molecule has 0 N–H and O–H groups in total. The summed E-state index contributed by atoms with van der Waals surface area (Å²) >= 11 is 1.21. The summed E-state index contributed by atoms with van der Waals surface area (Å²) in [6, 6.07) is 17.9. The second-order valence-corrected chi connectivity index (χ2v) is 10.6. The maximum Gasteiger partial charge on any atom is 0.343 e. The average molecular weight is 615 g/mol. The van der Waals surface area contributed by atoms with Crippen LogP contribution in [0.3, 0.4) is 0 Å². The van der Waals surface area contributed by atoms with Gasteiger partial charge in [-0.3, -0.25) is 9.36 Å². The number of carbonyl (C=O) groups excluding carboxylic acids is 2. The highest BCUT2D eigenvalue weighted by molar-refractivity contribution is 7.07. The lowest BCUT2D eigenvalue weighted by Crippen LogP contribution is -2.39. The number of aromatic nitrogens is 1. The van der Waals surface area contributed by atoms with Crippen LogP contribution < -0.4 is 33.8 Å². The van der Waals surface area contributed by atoms with Crippen LogP contribution in [0.1, 0.15) is 41.4 Å². The summed E-state index contributed by atoms with van der Waals surface area (Å²) in [5.41, 5.74) is 2.13. The van der Waals surface area contributed by atoms with Gasteiger partial charge in [-0.25, -0.2) is 14.6 Å². The molecular weight excluding hydrogens is 584 g/mol. The van der Waals surface area contributed by atoms with Crippen LogP contribution in [0.5, 0.6) is 23.0 Å². The number of esters is 2. The number of hydrogen-bond acceptors (Lipinski definition) is 10. The fourth-order valence-electron chi connectivity index (χ4n) is 4.81. The normalized spacial score (nSPS) is 14.4. The van der Waals surface area contributed by atoms with Gasteiger partial charge in [-0.05, 0) is 79.6 Å². The molecule has 5 rings (SSSR count). The van der Waals surface area contributed by atoms with Crippen LogP contribution >= 0.6 is 11.3 Å². The number of methoxy groups -OCH3 is 3. The van der Waals surface area contributed by atoms with Crippen LogP contribution in [0.2, 0.25) is 0 Å². The Labute approximate surface area is 257 Å². The zero-order valence-corrected chi connectivity index (χ0v) is 25.6. The monoisotopic (exact) mass is 614 g/mol. The van der Waals surface area contributed by atoms with E-state index in [1.54, 1.807) is 93.8 Å². The number of rotatable bonds is 9. The molecule has 0 unspecified atom stereocenters. The Morgan fingerprint density at radius 1 is 0.886 bits per heavy atom. The van der Waals surface area contributed by atoms with Crippen LogP contribution in [0.4, 0.5) is 0 Å². The molecule has 3 aromatic carbocycles. The van der Waals surface area contributed by atoms with E-state index in [0.29, 0.717) is 54.7 Å². The van der Waals surface area contributed by atoms with E-state index in [-0.39, 0.29) is 17.7 Å². The molecule has 226 valence electrons. The zero-order valence-electron chi connectivity index (χ0n) is 24.8. The molecule has 2 heterocycles. The Balaban J connectivity index is 1.51. The third-order valence-electron chi connectivity index (χ3n) is 6.95. The molecule has 0 aliphatic carbocycles. The zero-order chi connectivity index (χ0) is 31.4. The fourth-order valence-corrected chi connectivity index (χ4v) is 5.85. The van der Waals surface area contributed by atoms with E-state index >= 15 is 0 Å². The minimum atomic E-state index is -0.799. The van der Waals surface area contributed by atoms with Crippen molar-refractivity contribution >= 4 is 29.4 Å². The first-order chi connectivity index (χ1) is 21.3. The summed E-state index contributed by atoms with van der Waals surface area (Å²) in [6.07, 6.45) is 1.73. The summed E-state index contributed by atoms with van der Waals surface area (Å²) in [6.45, 7) is 3.62. The molecule has 1 aliphatic rings. The number of fused-ring (bicyclic) bond motifs is 1. The molecule has 10 nitrogen and oxygen atoms in total. The molecule has 1 aromatic heterocycles. The number of thiazole rings is 1. The highest BCUT2D eigenvalue weighted by Crippen LogP contribution is 2.36.